The maximum Gasteiger partial charge on any atom is 0.207 e. The molecule has 0 heterocycles. The van der Waals surface area contributed by atoms with E-state index in [1.165, 1.54) is 0 Å². The summed E-state index contributed by atoms with van der Waals surface area (Å²) in [5.41, 5.74) is -1.63. The highest BCUT2D eigenvalue weighted by Crippen LogP contribution is 2.35. The molecule has 0 aliphatic rings. The normalized spacial score (nSPS) is 10.4. The SMILES string of the molecule is Cc1c(O)c(F)c(O)c(C(=O)CF)c1F. The molecule has 0 aromatic heterocycles. The number of ketones is 1. The zero-order valence-corrected chi connectivity index (χ0v) is 7.64. The van der Waals surface area contributed by atoms with Gasteiger partial charge in [0.2, 0.25) is 11.6 Å². The summed E-state index contributed by atoms with van der Waals surface area (Å²) in [5, 5.41) is 18.0. The van der Waals surface area contributed by atoms with Crippen LogP contribution in [0.15, 0.2) is 0 Å². The number of halogens is 3. The Bertz CT molecular complexity index is 400. The molecule has 15 heavy (non-hydrogen) atoms. The van der Waals surface area contributed by atoms with Crippen molar-refractivity contribution in [2.75, 3.05) is 6.67 Å². The molecule has 0 spiro atoms. The largest absolute Gasteiger partial charge is 0.504 e. The van der Waals surface area contributed by atoms with Crippen molar-refractivity contribution in [3.8, 4) is 11.5 Å². The molecule has 0 aliphatic carbocycles. The summed E-state index contributed by atoms with van der Waals surface area (Å²) in [6, 6.07) is 0. The molecule has 0 bridgehead atoms. The van der Waals surface area contributed by atoms with Gasteiger partial charge in [0.25, 0.3) is 0 Å². The second kappa shape index (κ2) is 3.80. The van der Waals surface area contributed by atoms with Gasteiger partial charge in [-0.1, -0.05) is 0 Å². The Morgan fingerprint density at radius 2 is 1.73 bits per heavy atom. The Morgan fingerprint density at radius 3 is 2.20 bits per heavy atom. The van der Waals surface area contributed by atoms with E-state index in [0.29, 0.717) is 0 Å². The molecule has 0 unspecified atom stereocenters. The Hall–Kier alpha value is -1.72. The molecule has 0 radical (unpaired) electrons. The van der Waals surface area contributed by atoms with Gasteiger partial charge in [-0.05, 0) is 6.92 Å². The lowest BCUT2D eigenvalue weighted by Gasteiger charge is -2.09. The Morgan fingerprint density at radius 1 is 1.20 bits per heavy atom. The van der Waals surface area contributed by atoms with Crippen LogP contribution in [0.3, 0.4) is 0 Å². The van der Waals surface area contributed by atoms with E-state index in [0.717, 1.165) is 6.92 Å². The third-order valence-corrected chi connectivity index (χ3v) is 1.96. The number of hydrogen-bond acceptors (Lipinski definition) is 3. The molecule has 0 saturated heterocycles. The molecule has 1 rings (SSSR count). The Balaban J connectivity index is 3.60. The van der Waals surface area contributed by atoms with E-state index >= 15 is 0 Å². The van der Waals surface area contributed by atoms with Crippen molar-refractivity contribution in [2.45, 2.75) is 6.92 Å². The maximum absolute atomic E-state index is 13.3. The van der Waals surface area contributed by atoms with Crippen molar-refractivity contribution >= 4 is 5.78 Å². The molecule has 0 atom stereocenters. The highest BCUT2D eigenvalue weighted by Gasteiger charge is 2.26. The average molecular weight is 220 g/mol. The second-order valence-corrected chi connectivity index (χ2v) is 2.88. The zero-order chi connectivity index (χ0) is 11.7. The molecular formula is C9H7F3O3. The quantitative estimate of drug-likeness (QED) is 0.747. The number of carbonyl (C=O) groups excluding carboxylic acids is 1. The smallest absolute Gasteiger partial charge is 0.207 e. The summed E-state index contributed by atoms with van der Waals surface area (Å²) in [5.74, 6) is -6.72. The van der Waals surface area contributed by atoms with Crippen LogP contribution in [0.25, 0.3) is 0 Å². The number of rotatable bonds is 2. The molecule has 3 nitrogen and oxygen atoms in total. The van der Waals surface area contributed by atoms with E-state index in [4.69, 9.17) is 10.2 Å². The van der Waals surface area contributed by atoms with E-state index in [2.05, 4.69) is 0 Å². The van der Waals surface area contributed by atoms with Gasteiger partial charge in [-0.3, -0.25) is 4.79 Å². The first-order chi connectivity index (χ1) is 6.91. The highest BCUT2D eigenvalue weighted by molar-refractivity contribution is 6.00. The molecule has 1 aromatic rings. The van der Waals surface area contributed by atoms with Crippen LogP contribution in [-0.4, -0.2) is 22.7 Å². The summed E-state index contributed by atoms with van der Waals surface area (Å²) < 4.78 is 38.2. The summed E-state index contributed by atoms with van der Waals surface area (Å²) in [6.45, 7) is -0.559. The fourth-order valence-electron chi connectivity index (χ4n) is 1.10. The van der Waals surface area contributed by atoms with Crippen molar-refractivity contribution < 1.29 is 28.2 Å². The molecule has 6 heteroatoms. The van der Waals surface area contributed by atoms with E-state index in [9.17, 15) is 18.0 Å². The molecule has 0 fully saturated rings. The van der Waals surface area contributed by atoms with Crippen molar-refractivity contribution in [1.29, 1.82) is 0 Å². The molecule has 1 aromatic carbocycles. The minimum Gasteiger partial charge on any atom is -0.504 e. The first-order valence-corrected chi connectivity index (χ1v) is 3.90. The van der Waals surface area contributed by atoms with Crippen molar-refractivity contribution in [2.24, 2.45) is 0 Å². The van der Waals surface area contributed by atoms with Crippen LogP contribution in [-0.2, 0) is 0 Å². The molecule has 0 amide bonds. The third-order valence-electron chi connectivity index (χ3n) is 1.96. The van der Waals surface area contributed by atoms with E-state index < -0.39 is 46.7 Å². The average Bonchev–Trinajstić information content (AvgIpc) is 2.23. The molecule has 2 N–H and O–H groups in total. The van der Waals surface area contributed by atoms with Crippen molar-refractivity contribution in [3.05, 3.63) is 22.8 Å². The monoisotopic (exact) mass is 220 g/mol. The zero-order valence-electron chi connectivity index (χ0n) is 7.64. The standard InChI is InChI=1S/C9H7F3O3/c1-3-6(11)5(4(13)2-10)9(15)7(12)8(3)14/h14-15H,2H2,1H3. The van der Waals surface area contributed by atoms with E-state index in [1.54, 1.807) is 0 Å². The second-order valence-electron chi connectivity index (χ2n) is 2.88. The van der Waals surface area contributed by atoms with Gasteiger partial charge in [-0.15, -0.1) is 0 Å². The van der Waals surface area contributed by atoms with Gasteiger partial charge < -0.3 is 10.2 Å². The number of benzene rings is 1. The number of phenolic OH excluding ortho intramolecular Hbond substituents is 2. The first-order valence-electron chi connectivity index (χ1n) is 3.90. The summed E-state index contributed by atoms with van der Waals surface area (Å²) in [4.78, 5) is 10.8. The van der Waals surface area contributed by atoms with Crippen molar-refractivity contribution in [3.63, 3.8) is 0 Å². The topological polar surface area (TPSA) is 57.5 Å². The predicted octanol–water partition coefficient (Wildman–Crippen LogP) is 1.84. The van der Waals surface area contributed by atoms with Gasteiger partial charge in [-0.25, -0.2) is 8.78 Å². The van der Waals surface area contributed by atoms with E-state index in [1.807, 2.05) is 0 Å². The number of hydrogen-bond donors (Lipinski definition) is 2. The van der Waals surface area contributed by atoms with Gasteiger partial charge in [0.1, 0.15) is 11.4 Å². The predicted molar refractivity (Wildman–Crippen MR) is 44.7 cm³/mol. The molecular weight excluding hydrogens is 213 g/mol. The molecule has 0 saturated carbocycles. The van der Waals surface area contributed by atoms with Crippen LogP contribution in [0.2, 0.25) is 0 Å². The lowest BCUT2D eigenvalue weighted by Crippen LogP contribution is -2.08. The fourth-order valence-corrected chi connectivity index (χ4v) is 1.10. The number of carbonyl (C=O) groups is 1. The Labute approximate surface area is 82.8 Å². The number of alkyl halides is 1. The van der Waals surface area contributed by atoms with Gasteiger partial charge in [-0.2, -0.15) is 4.39 Å². The maximum atomic E-state index is 13.3. The van der Waals surface area contributed by atoms with Gasteiger partial charge in [0, 0.05) is 5.56 Å². The van der Waals surface area contributed by atoms with Crippen molar-refractivity contribution in [1.82, 2.24) is 0 Å². The number of aromatic hydroxyl groups is 2. The van der Waals surface area contributed by atoms with Crippen LogP contribution in [0.1, 0.15) is 15.9 Å². The minimum absolute atomic E-state index is 0.554. The lowest BCUT2D eigenvalue weighted by molar-refractivity contribution is 0.0950. The summed E-state index contributed by atoms with van der Waals surface area (Å²) in [7, 11) is 0. The molecule has 0 aliphatic heterocycles. The first kappa shape index (κ1) is 11.4. The van der Waals surface area contributed by atoms with Crippen LogP contribution < -0.4 is 0 Å². The van der Waals surface area contributed by atoms with Crippen LogP contribution in [0.5, 0.6) is 11.5 Å². The lowest BCUT2D eigenvalue weighted by atomic mass is 10.0. The Kier molecular flexibility index (Phi) is 2.88. The number of Topliss-reactive ketones (excluding diaryl/α,β-unsaturated/α-hetero) is 1. The molecule has 82 valence electrons. The van der Waals surface area contributed by atoms with Crippen LogP contribution in [0, 0.1) is 18.6 Å². The van der Waals surface area contributed by atoms with Gasteiger partial charge in [0.15, 0.2) is 18.2 Å². The van der Waals surface area contributed by atoms with Gasteiger partial charge >= 0.3 is 0 Å². The summed E-state index contributed by atoms with van der Waals surface area (Å²) in [6.07, 6.45) is 0. The number of phenols is 2. The summed E-state index contributed by atoms with van der Waals surface area (Å²) >= 11 is 0. The van der Waals surface area contributed by atoms with Crippen LogP contribution >= 0.6 is 0 Å². The minimum atomic E-state index is -1.56. The highest BCUT2D eigenvalue weighted by atomic mass is 19.1. The third kappa shape index (κ3) is 1.62. The van der Waals surface area contributed by atoms with Crippen LogP contribution in [0.4, 0.5) is 13.2 Å². The fraction of sp³-hybridized carbons (Fsp3) is 0.222. The van der Waals surface area contributed by atoms with Gasteiger partial charge in [0.05, 0.1) is 0 Å². The van der Waals surface area contributed by atoms with E-state index in [-0.39, 0.29) is 0 Å².